The predicted octanol–water partition coefficient (Wildman–Crippen LogP) is 1.93. The number of hydrogen-bond acceptors (Lipinski definition) is 4. The SMILES string of the molecule is c1ccc(N2OSO2)cc1. The Kier molecular flexibility index (Phi) is 1.50. The summed E-state index contributed by atoms with van der Waals surface area (Å²) < 4.78 is 9.69. The van der Waals surface area contributed by atoms with Gasteiger partial charge in [0.2, 0.25) is 12.3 Å². The van der Waals surface area contributed by atoms with Crippen LogP contribution in [0.1, 0.15) is 0 Å². The summed E-state index contributed by atoms with van der Waals surface area (Å²) in [4.78, 5) is 0. The minimum Gasteiger partial charge on any atom is -0.143 e. The van der Waals surface area contributed by atoms with Gasteiger partial charge in [-0.25, -0.2) is 0 Å². The first-order valence-electron chi connectivity index (χ1n) is 2.83. The van der Waals surface area contributed by atoms with Gasteiger partial charge in [-0.2, -0.15) is 0 Å². The number of anilines is 1. The van der Waals surface area contributed by atoms with Crippen LogP contribution in [0.3, 0.4) is 0 Å². The molecule has 0 aromatic heterocycles. The van der Waals surface area contributed by atoms with Gasteiger partial charge in [-0.05, 0) is 12.1 Å². The van der Waals surface area contributed by atoms with Crippen molar-refractivity contribution in [1.82, 2.24) is 0 Å². The zero-order valence-electron chi connectivity index (χ0n) is 5.06. The van der Waals surface area contributed by atoms with E-state index in [4.69, 9.17) is 8.57 Å². The minimum atomic E-state index is 0.904. The van der Waals surface area contributed by atoms with Gasteiger partial charge in [0.15, 0.2) is 0 Å². The van der Waals surface area contributed by atoms with E-state index >= 15 is 0 Å². The summed E-state index contributed by atoms with van der Waals surface area (Å²) in [5.41, 5.74) is 0.904. The summed E-state index contributed by atoms with van der Waals surface area (Å²) in [6.45, 7) is 0. The molecule has 1 heterocycles. The molecule has 10 heavy (non-hydrogen) atoms. The van der Waals surface area contributed by atoms with E-state index in [1.165, 1.54) is 5.23 Å². The summed E-state index contributed by atoms with van der Waals surface area (Å²) in [6, 6.07) is 9.59. The fraction of sp³-hybridized carbons (Fsp3) is 0. The van der Waals surface area contributed by atoms with E-state index in [2.05, 4.69) is 0 Å². The number of benzene rings is 1. The van der Waals surface area contributed by atoms with Crippen molar-refractivity contribution in [3.05, 3.63) is 30.3 Å². The molecule has 1 aromatic rings. The van der Waals surface area contributed by atoms with Crippen LogP contribution in [0.2, 0.25) is 0 Å². The van der Waals surface area contributed by atoms with Crippen LogP contribution in [0.5, 0.6) is 0 Å². The number of nitrogens with zero attached hydrogens (tertiary/aromatic N) is 1. The van der Waals surface area contributed by atoms with Gasteiger partial charge in [0.1, 0.15) is 0 Å². The summed E-state index contributed by atoms with van der Waals surface area (Å²) in [6.07, 6.45) is 0. The van der Waals surface area contributed by atoms with E-state index in [9.17, 15) is 0 Å². The molecule has 0 N–H and O–H groups in total. The highest BCUT2D eigenvalue weighted by Crippen LogP contribution is 2.29. The van der Waals surface area contributed by atoms with E-state index in [1.54, 1.807) is 0 Å². The Balaban J connectivity index is 2.18. The highest BCUT2D eigenvalue weighted by atomic mass is 32.2. The molecule has 1 fully saturated rings. The fourth-order valence-corrected chi connectivity index (χ4v) is 0.990. The minimum absolute atomic E-state index is 0.904. The van der Waals surface area contributed by atoms with Gasteiger partial charge in [-0.15, -0.1) is 8.57 Å². The maximum Gasteiger partial charge on any atom is 0.217 e. The van der Waals surface area contributed by atoms with Crippen molar-refractivity contribution in [1.29, 1.82) is 0 Å². The Bertz CT molecular complexity index is 212. The first-order valence-corrected chi connectivity index (χ1v) is 3.50. The van der Waals surface area contributed by atoms with Crippen molar-refractivity contribution in [2.75, 3.05) is 5.23 Å². The van der Waals surface area contributed by atoms with Gasteiger partial charge < -0.3 is 0 Å². The lowest BCUT2D eigenvalue weighted by atomic mass is 10.3. The molecule has 1 aliphatic rings. The Morgan fingerprint density at radius 3 is 2.30 bits per heavy atom. The molecule has 0 amide bonds. The van der Waals surface area contributed by atoms with Crippen LogP contribution in [0.25, 0.3) is 0 Å². The molecule has 0 aliphatic carbocycles. The predicted molar refractivity (Wildman–Crippen MR) is 38.7 cm³/mol. The lowest BCUT2D eigenvalue weighted by Crippen LogP contribution is -2.26. The van der Waals surface area contributed by atoms with Gasteiger partial charge in [0.05, 0.1) is 5.69 Å². The first-order chi connectivity index (χ1) is 4.97. The van der Waals surface area contributed by atoms with Crippen LogP contribution in [-0.4, -0.2) is 0 Å². The molecule has 0 radical (unpaired) electrons. The third kappa shape index (κ3) is 0.965. The molecule has 1 aromatic carbocycles. The number of rotatable bonds is 1. The third-order valence-corrected chi connectivity index (χ3v) is 1.56. The van der Waals surface area contributed by atoms with Crippen LogP contribution in [0.4, 0.5) is 5.69 Å². The monoisotopic (exact) mass is 155 g/mol. The lowest BCUT2D eigenvalue weighted by molar-refractivity contribution is 0.0269. The van der Waals surface area contributed by atoms with Crippen molar-refractivity contribution >= 4 is 18.0 Å². The van der Waals surface area contributed by atoms with Crippen molar-refractivity contribution in [3.8, 4) is 0 Å². The van der Waals surface area contributed by atoms with Crippen molar-refractivity contribution in [3.63, 3.8) is 0 Å². The first kappa shape index (κ1) is 6.03. The highest BCUT2D eigenvalue weighted by molar-refractivity contribution is 7.90. The van der Waals surface area contributed by atoms with Gasteiger partial charge in [-0.3, -0.25) is 0 Å². The van der Waals surface area contributed by atoms with Crippen molar-refractivity contribution < 1.29 is 8.57 Å². The topological polar surface area (TPSA) is 21.7 Å². The summed E-state index contributed by atoms with van der Waals surface area (Å²) in [7, 11) is 0. The molecule has 0 atom stereocenters. The second-order valence-corrected chi connectivity index (χ2v) is 2.24. The van der Waals surface area contributed by atoms with Crippen molar-refractivity contribution in [2.45, 2.75) is 0 Å². The van der Waals surface area contributed by atoms with Gasteiger partial charge in [0.25, 0.3) is 0 Å². The average Bonchev–Trinajstić information content (AvgIpc) is 1.86. The van der Waals surface area contributed by atoms with E-state index in [0.29, 0.717) is 0 Å². The molecule has 0 bridgehead atoms. The quantitative estimate of drug-likeness (QED) is 0.577. The van der Waals surface area contributed by atoms with Crippen LogP contribution in [-0.2, 0) is 8.57 Å². The summed E-state index contributed by atoms with van der Waals surface area (Å²) in [5.74, 6) is 0. The maximum absolute atomic E-state index is 4.84. The average molecular weight is 155 g/mol. The summed E-state index contributed by atoms with van der Waals surface area (Å²) in [5, 5.41) is 1.35. The van der Waals surface area contributed by atoms with Crippen molar-refractivity contribution in [2.24, 2.45) is 0 Å². The zero-order valence-corrected chi connectivity index (χ0v) is 5.88. The second kappa shape index (κ2) is 2.49. The molecule has 52 valence electrons. The Morgan fingerprint density at radius 1 is 1.10 bits per heavy atom. The molecule has 2 rings (SSSR count). The maximum atomic E-state index is 4.84. The van der Waals surface area contributed by atoms with Gasteiger partial charge >= 0.3 is 0 Å². The molecule has 1 aliphatic heterocycles. The zero-order chi connectivity index (χ0) is 6.81. The normalized spacial score (nSPS) is 16.6. The second-order valence-electron chi connectivity index (χ2n) is 1.81. The Morgan fingerprint density at radius 2 is 1.80 bits per heavy atom. The van der Waals surface area contributed by atoms with Crippen LogP contribution >= 0.6 is 12.3 Å². The lowest BCUT2D eigenvalue weighted by Gasteiger charge is -2.25. The molecular formula is C6H5NO2S. The van der Waals surface area contributed by atoms with Crippen LogP contribution in [0.15, 0.2) is 30.3 Å². The number of hydrogen-bond donors (Lipinski definition) is 0. The summed E-state index contributed by atoms with van der Waals surface area (Å²) >= 11 is 0.966. The molecule has 3 nitrogen and oxygen atoms in total. The van der Waals surface area contributed by atoms with E-state index < -0.39 is 0 Å². The van der Waals surface area contributed by atoms with Crippen LogP contribution < -0.4 is 5.23 Å². The third-order valence-electron chi connectivity index (χ3n) is 1.16. The molecule has 0 saturated carbocycles. The van der Waals surface area contributed by atoms with Crippen LogP contribution in [0, 0.1) is 0 Å². The smallest absolute Gasteiger partial charge is 0.143 e. The molecule has 4 heteroatoms. The van der Waals surface area contributed by atoms with Gasteiger partial charge in [0, 0.05) is 0 Å². The van der Waals surface area contributed by atoms with E-state index in [0.717, 1.165) is 18.0 Å². The molecule has 0 unspecified atom stereocenters. The highest BCUT2D eigenvalue weighted by Gasteiger charge is 2.18. The standard InChI is InChI=1S/C6H5NO2S/c1-2-4-6(5-3-1)7-8-10-9-7/h1-5H. The van der Waals surface area contributed by atoms with Gasteiger partial charge in [-0.1, -0.05) is 23.4 Å². The molecule has 1 saturated heterocycles. The Hall–Kier alpha value is -0.710. The number of para-hydroxylation sites is 1. The Labute approximate surface area is 62.9 Å². The van der Waals surface area contributed by atoms with E-state index in [-0.39, 0.29) is 0 Å². The fourth-order valence-electron chi connectivity index (χ4n) is 0.697. The largest absolute Gasteiger partial charge is 0.217 e. The van der Waals surface area contributed by atoms with E-state index in [1.807, 2.05) is 30.3 Å². The molecule has 0 spiro atoms. The molecular weight excluding hydrogens is 150 g/mol.